The minimum atomic E-state index is 0.190. The number of aromatic nitrogens is 2. The minimum Gasteiger partial charge on any atom is -0.508 e. The summed E-state index contributed by atoms with van der Waals surface area (Å²) in [5, 5.41) is 12.5. The van der Waals surface area contributed by atoms with Gasteiger partial charge in [-0.2, -0.15) is 0 Å². The van der Waals surface area contributed by atoms with Crippen LogP contribution in [0.2, 0.25) is 0 Å². The molecule has 0 bridgehead atoms. The van der Waals surface area contributed by atoms with Gasteiger partial charge < -0.3 is 16.2 Å². The molecule has 1 heterocycles. The average molecular weight is 278 g/mol. The third-order valence-electron chi connectivity index (χ3n) is 2.96. The quantitative estimate of drug-likeness (QED) is 0.641. The Labute approximate surface area is 122 Å². The molecule has 2 aromatic carbocycles. The van der Waals surface area contributed by atoms with E-state index in [1.165, 1.54) is 0 Å². The van der Waals surface area contributed by atoms with Crippen LogP contribution in [0.1, 0.15) is 0 Å². The Morgan fingerprint density at radius 3 is 2.57 bits per heavy atom. The van der Waals surface area contributed by atoms with Crippen LogP contribution in [0.4, 0.5) is 17.3 Å². The van der Waals surface area contributed by atoms with Crippen molar-refractivity contribution in [2.24, 2.45) is 0 Å². The number of hydrogen-bond acceptors (Lipinski definition) is 5. The molecule has 0 radical (unpaired) electrons. The summed E-state index contributed by atoms with van der Waals surface area (Å²) in [6, 6.07) is 16.1. The minimum absolute atomic E-state index is 0.190. The molecule has 0 fully saturated rings. The summed E-state index contributed by atoms with van der Waals surface area (Å²) in [6.45, 7) is 0. The molecule has 0 amide bonds. The van der Waals surface area contributed by atoms with Crippen LogP contribution < -0.4 is 11.1 Å². The topological polar surface area (TPSA) is 84.1 Å². The Morgan fingerprint density at radius 1 is 1.00 bits per heavy atom. The van der Waals surface area contributed by atoms with Gasteiger partial charge in [0.05, 0.1) is 5.69 Å². The molecule has 0 atom stereocenters. The number of nitrogens with two attached hydrogens (primary N) is 1. The Morgan fingerprint density at radius 2 is 1.81 bits per heavy atom. The molecule has 21 heavy (non-hydrogen) atoms. The second-order valence-corrected chi connectivity index (χ2v) is 4.56. The van der Waals surface area contributed by atoms with Crippen molar-refractivity contribution < 1.29 is 5.11 Å². The molecule has 5 heteroatoms. The molecule has 0 aliphatic rings. The highest BCUT2D eigenvalue weighted by Gasteiger charge is 2.03. The lowest BCUT2D eigenvalue weighted by atomic mass is 10.1. The number of aromatic hydroxyl groups is 1. The van der Waals surface area contributed by atoms with Crippen molar-refractivity contribution in [3.05, 3.63) is 60.8 Å². The fraction of sp³-hybridized carbons (Fsp3) is 0. The van der Waals surface area contributed by atoms with Crippen molar-refractivity contribution in [2.45, 2.75) is 0 Å². The molecule has 104 valence electrons. The van der Waals surface area contributed by atoms with Gasteiger partial charge in [0.25, 0.3) is 0 Å². The molecule has 1 aromatic heterocycles. The number of phenols is 1. The monoisotopic (exact) mass is 278 g/mol. The number of benzene rings is 2. The van der Waals surface area contributed by atoms with Crippen molar-refractivity contribution in [3.63, 3.8) is 0 Å². The number of rotatable bonds is 3. The van der Waals surface area contributed by atoms with E-state index >= 15 is 0 Å². The summed E-state index contributed by atoms with van der Waals surface area (Å²) in [7, 11) is 0. The van der Waals surface area contributed by atoms with E-state index in [9.17, 15) is 5.11 Å². The van der Waals surface area contributed by atoms with Crippen molar-refractivity contribution >= 4 is 17.3 Å². The number of phenolic OH excluding ortho intramolecular Hbond substituents is 1. The SMILES string of the molecule is Nc1ccc(-c2ccnc(Nc3cccc(O)c3)n2)cc1. The Balaban J connectivity index is 1.88. The number of nitrogens with one attached hydrogen (secondary N) is 1. The summed E-state index contributed by atoms with van der Waals surface area (Å²) in [4.78, 5) is 8.63. The van der Waals surface area contributed by atoms with Crippen LogP contribution >= 0.6 is 0 Å². The van der Waals surface area contributed by atoms with Crippen LogP contribution in [0.25, 0.3) is 11.3 Å². The number of hydrogen-bond donors (Lipinski definition) is 3. The van der Waals surface area contributed by atoms with Gasteiger partial charge in [0, 0.05) is 29.2 Å². The molecule has 3 rings (SSSR count). The first-order valence-corrected chi connectivity index (χ1v) is 6.46. The molecule has 0 unspecified atom stereocenters. The van der Waals surface area contributed by atoms with Gasteiger partial charge in [0.1, 0.15) is 5.75 Å². The molecule has 0 spiro atoms. The second-order valence-electron chi connectivity index (χ2n) is 4.56. The normalized spacial score (nSPS) is 10.3. The summed E-state index contributed by atoms with van der Waals surface area (Å²) in [5.41, 5.74) is 8.88. The molecule has 5 nitrogen and oxygen atoms in total. The zero-order valence-electron chi connectivity index (χ0n) is 11.2. The van der Waals surface area contributed by atoms with Gasteiger partial charge in [0.15, 0.2) is 0 Å². The van der Waals surface area contributed by atoms with Gasteiger partial charge in [-0.1, -0.05) is 18.2 Å². The molecule has 0 saturated heterocycles. The molecular weight excluding hydrogens is 264 g/mol. The maximum Gasteiger partial charge on any atom is 0.227 e. The van der Waals surface area contributed by atoms with E-state index in [4.69, 9.17) is 5.73 Å². The third-order valence-corrected chi connectivity index (χ3v) is 2.96. The average Bonchev–Trinajstić information content (AvgIpc) is 2.48. The summed E-state index contributed by atoms with van der Waals surface area (Å²) < 4.78 is 0. The molecule has 0 aliphatic carbocycles. The van der Waals surface area contributed by atoms with Crippen LogP contribution in [0, 0.1) is 0 Å². The summed E-state index contributed by atoms with van der Waals surface area (Å²) in [6.07, 6.45) is 1.68. The lowest BCUT2D eigenvalue weighted by Crippen LogP contribution is -1.97. The first kappa shape index (κ1) is 12.9. The first-order chi connectivity index (χ1) is 10.2. The lowest BCUT2D eigenvalue weighted by molar-refractivity contribution is 0.475. The smallest absolute Gasteiger partial charge is 0.227 e. The number of nitrogen functional groups attached to an aromatic ring is 1. The van der Waals surface area contributed by atoms with E-state index in [0.29, 0.717) is 11.6 Å². The Hall–Kier alpha value is -3.08. The van der Waals surface area contributed by atoms with Gasteiger partial charge in [-0.3, -0.25) is 0 Å². The molecule has 4 N–H and O–H groups in total. The third kappa shape index (κ3) is 3.09. The highest BCUT2D eigenvalue weighted by atomic mass is 16.3. The van der Waals surface area contributed by atoms with Crippen LogP contribution in [-0.4, -0.2) is 15.1 Å². The fourth-order valence-corrected chi connectivity index (χ4v) is 1.95. The summed E-state index contributed by atoms with van der Waals surface area (Å²) in [5.74, 6) is 0.657. The van der Waals surface area contributed by atoms with Crippen LogP contribution in [-0.2, 0) is 0 Å². The Kier molecular flexibility index (Phi) is 3.39. The maximum atomic E-state index is 9.46. The van der Waals surface area contributed by atoms with E-state index in [2.05, 4.69) is 15.3 Å². The molecule has 3 aromatic rings. The van der Waals surface area contributed by atoms with Gasteiger partial charge in [0.2, 0.25) is 5.95 Å². The molecular formula is C16H14N4O. The van der Waals surface area contributed by atoms with Crippen molar-refractivity contribution in [3.8, 4) is 17.0 Å². The second kappa shape index (κ2) is 5.50. The Bertz CT molecular complexity index is 756. The van der Waals surface area contributed by atoms with Gasteiger partial charge >= 0.3 is 0 Å². The van der Waals surface area contributed by atoms with Gasteiger partial charge in [-0.25, -0.2) is 9.97 Å². The van der Waals surface area contributed by atoms with Gasteiger partial charge in [-0.05, 0) is 30.3 Å². The van der Waals surface area contributed by atoms with E-state index in [-0.39, 0.29) is 5.75 Å². The first-order valence-electron chi connectivity index (χ1n) is 6.46. The van der Waals surface area contributed by atoms with E-state index in [0.717, 1.165) is 16.9 Å². The van der Waals surface area contributed by atoms with Gasteiger partial charge in [-0.15, -0.1) is 0 Å². The van der Waals surface area contributed by atoms with E-state index in [1.807, 2.05) is 36.4 Å². The highest BCUT2D eigenvalue weighted by molar-refractivity contribution is 5.64. The standard InChI is InChI=1S/C16H14N4O/c17-12-6-4-11(5-7-12)15-8-9-18-16(20-15)19-13-2-1-3-14(21)10-13/h1-10,21H,17H2,(H,18,19,20). The largest absolute Gasteiger partial charge is 0.508 e. The molecule has 0 aliphatic heterocycles. The maximum absolute atomic E-state index is 9.46. The predicted octanol–water partition coefficient (Wildman–Crippen LogP) is 3.18. The van der Waals surface area contributed by atoms with Crippen molar-refractivity contribution in [1.29, 1.82) is 0 Å². The van der Waals surface area contributed by atoms with E-state index < -0.39 is 0 Å². The van der Waals surface area contributed by atoms with Crippen molar-refractivity contribution in [2.75, 3.05) is 11.1 Å². The van der Waals surface area contributed by atoms with Crippen molar-refractivity contribution in [1.82, 2.24) is 9.97 Å². The molecule has 0 saturated carbocycles. The lowest BCUT2D eigenvalue weighted by Gasteiger charge is -2.07. The fourth-order valence-electron chi connectivity index (χ4n) is 1.95. The number of anilines is 3. The van der Waals surface area contributed by atoms with Crippen LogP contribution in [0.3, 0.4) is 0 Å². The van der Waals surface area contributed by atoms with Crippen LogP contribution in [0.5, 0.6) is 5.75 Å². The van der Waals surface area contributed by atoms with E-state index in [1.54, 1.807) is 24.4 Å². The highest BCUT2D eigenvalue weighted by Crippen LogP contribution is 2.22. The predicted molar refractivity (Wildman–Crippen MR) is 83.3 cm³/mol. The zero-order valence-corrected chi connectivity index (χ0v) is 11.2. The zero-order chi connectivity index (χ0) is 14.7. The number of nitrogens with zero attached hydrogens (tertiary/aromatic N) is 2. The van der Waals surface area contributed by atoms with Crippen LogP contribution in [0.15, 0.2) is 60.8 Å². The summed E-state index contributed by atoms with van der Waals surface area (Å²) >= 11 is 0.